The van der Waals surface area contributed by atoms with Crippen LogP contribution in [0.1, 0.15) is 28.4 Å². The molecule has 3 heteroatoms. The van der Waals surface area contributed by atoms with Gasteiger partial charge in [-0.25, -0.2) is 4.79 Å². The molecule has 0 atom stereocenters. The van der Waals surface area contributed by atoms with Gasteiger partial charge < -0.3 is 5.11 Å². The number of carbonyl (C=O) groups is 1. The zero-order valence-corrected chi connectivity index (χ0v) is 9.18. The molecule has 13 heavy (non-hydrogen) atoms. The second-order valence-corrected chi connectivity index (χ2v) is 3.79. The smallest absolute Gasteiger partial charge is 0.336 e. The van der Waals surface area contributed by atoms with Crippen LogP contribution in [0.5, 0.6) is 0 Å². The van der Waals surface area contributed by atoms with Gasteiger partial charge >= 0.3 is 5.97 Å². The summed E-state index contributed by atoms with van der Waals surface area (Å²) >= 11 is 3.36. The fourth-order valence-corrected chi connectivity index (χ4v) is 2.18. The van der Waals surface area contributed by atoms with Gasteiger partial charge in [-0.3, -0.25) is 0 Å². The van der Waals surface area contributed by atoms with Crippen LogP contribution < -0.4 is 0 Å². The lowest BCUT2D eigenvalue weighted by molar-refractivity contribution is 0.0695. The number of aromatic carboxylic acids is 1. The third-order valence-corrected chi connectivity index (χ3v) is 2.63. The monoisotopic (exact) mass is 242 g/mol. The lowest BCUT2D eigenvalue weighted by Crippen LogP contribution is -2.03. The van der Waals surface area contributed by atoms with Gasteiger partial charge in [-0.1, -0.05) is 22.9 Å². The summed E-state index contributed by atoms with van der Waals surface area (Å²) in [6.07, 6.45) is 0.725. The van der Waals surface area contributed by atoms with Crippen molar-refractivity contribution in [3.05, 3.63) is 33.3 Å². The fourth-order valence-electron chi connectivity index (χ4n) is 1.32. The van der Waals surface area contributed by atoms with E-state index in [2.05, 4.69) is 15.9 Å². The molecule has 0 fully saturated rings. The Kier molecular flexibility index (Phi) is 3.09. The maximum atomic E-state index is 10.9. The minimum absolute atomic E-state index is 0.398. The maximum absolute atomic E-state index is 10.9. The molecule has 0 bridgehead atoms. The van der Waals surface area contributed by atoms with Crippen LogP contribution in [0.2, 0.25) is 0 Å². The second kappa shape index (κ2) is 3.92. The van der Waals surface area contributed by atoms with E-state index < -0.39 is 5.97 Å². The molecular weight excluding hydrogens is 232 g/mol. The van der Waals surface area contributed by atoms with E-state index in [1.54, 1.807) is 6.07 Å². The summed E-state index contributed by atoms with van der Waals surface area (Å²) in [6.45, 7) is 3.83. The minimum atomic E-state index is -0.860. The molecule has 0 spiro atoms. The van der Waals surface area contributed by atoms with Gasteiger partial charge in [-0.2, -0.15) is 0 Å². The van der Waals surface area contributed by atoms with E-state index in [4.69, 9.17) is 5.11 Å². The molecule has 0 aliphatic rings. The highest BCUT2D eigenvalue weighted by Gasteiger charge is 2.11. The standard InChI is InChI=1S/C10H11BrO2/c1-3-7-8(10(12)13)4-6(2)5-9(7)11/h4-5H,3H2,1-2H3,(H,12,13). The van der Waals surface area contributed by atoms with Crippen molar-refractivity contribution < 1.29 is 9.90 Å². The summed E-state index contributed by atoms with van der Waals surface area (Å²) in [4.78, 5) is 10.9. The van der Waals surface area contributed by atoms with Crippen molar-refractivity contribution in [2.45, 2.75) is 20.3 Å². The first kappa shape index (κ1) is 10.3. The lowest BCUT2D eigenvalue weighted by atomic mass is 10.0. The zero-order chi connectivity index (χ0) is 10.0. The van der Waals surface area contributed by atoms with Crippen LogP contribution in [-0.2, 0) is 6.42 Å². The first-order valence-electron chi connectivity index (χ1n) is 4.08. The Morgan fingerprint density at radius 1 is 1.54 bits per heavy atom. The predicted molar refractivity (Wildman–Crippen MR) is 55.2 cm³/mol. The average molecular weight is 243 g/mol. The molecule has 0 aromatic heterocycles. The topological polar surface area (TPSA) is 37.3 Å². The van der Waals surface area contributed by atoms with E-state index in [1.165, 1.54) is 0 Å². The minimum Gasteiger partial charge on any atom is -0.478 e. The van der Waals surface area contributed by atoms with Crippen LogP contribution in [0.4, 0.5) is 0 Å². The van der Waals surface area contributed by atoms with Crippen LogP contribution in [0.3, 0.4) is 0 Å². The molecule has 0 aliphatic heterocycles. The van der Waals surface area contributed by atoms with Gasteiger partial charge in [0.05, 0.1) is 5.56 Å². The third kappa shape index (κ3) is 2.10. The van der Waals surface area contributed by atoms with Gasteiger partial charge in [0, 0.05) is 4.47 Å². The second-order valence-electron chi connectivity index (χ2n) is 2.93. The molecule has 0 saturated heterocycles. The summed E-state index contributed by atoms with van der Waals surface area (Å²) in [6, 6.07) is 3.64. The number of benzene rings is 1. The average Bonchev–Trinajstić information content (AvgIpc) is 2.02. The van der Waals surface area contributed by atoms with Gasteiger partial charge in [-0.05, 0) is 36.6 Å². The van der Waals surface area contributed by atoms with Crippen molar-refractivity contribution in [2.75, 3.05) is 0 Å². The van der Waals surface area contributed by atoms with Crippen molar-refractivity contribution >= 4 is 21.9 Å². The van der Waals surface area contributed by atoms with Crippen molar-refractivity contribution in [1.29, 1.82) is 0 Å². The molecule has 0 heterocycles. The Bertz CT molecular complexity index is 345. The largest absolute Gasteiger partial charge is 0.478 e. The summed E-state index contributed by atoms with van der Waals surface area (Å²) in [5, 5.41) is 8.92. The van der Waals surface area contributed by atoms with Gasteiger partial charge in [0.1, 0.15) is 0 Å². The Morgan fingerprint density at radius 3 is 2.62 bits per heavy atom. The number of hydrogen-bond acceptors (Lipinski definition) is 1. The number of hydrogen-bond donors (Lipinski definition) is 1. The summed E-state index contributed by atoms with van der Waals surface area (Å²) in [5.74, 6) is -0.860. The quantitative estimate of drug-likeness (QED) is 0.866. The van der Waals surface area contributed by atoms with E-state index in [1.807, 2.05) is 19.9 Å². The number of carboxylic acid groups (broad SMARTS) is 1. The fraction of sp³-hybridized carbons (Fsp3) is 0.300. The number of aryl methyl sites for hydroxylation is 1. The van der Waals surface area contributed by atoms with Gasteiger partial charge in [0.2, 0.25) is 0 Å². The van der Waals surface area contributed by atoms with Crippen molar-refractivity contribution in [1.82, 2.24) is 0 Å². The van der Waals surface area contributed by atoms with E-state index in [0.29, 0.717) is 5.56 Å². The summed E-state index contributed by atoms with van der Waals surface area (Å²) < 4.78 is 0.882. The number of carboxylic acids is 1. The molecule has 1 rings (SSSR count). The highest BCUT2D eigenvalue weighted by atomic mass is 79.9. The van der Waals surface area contributed by atoms with Crippen molar-refractivity contribution in [2.24, 2.45) is 0 Å². The molecule has 0 saturated carbocycles. The van der Waals surface area contributed by atoms with E-state index in [9.17, 15) is 4.79 Å². The third-order valence-electron chi connectivity index (χ3n) is 1.92. The van der Waals surface area contributed by atoms with Crippen molar-refractivity contribution in [3.8, 4) is 0 Å². The zero-order valence-electron chi connectivity index (χ0n) is 7.60. The Balaban J connectivity index is 3.38. The van der Waals surface area contributed by atoms with Crippen LogP contribution in [0, 0.1) is 6.92 Å². The molecule has 70 valence electrons. The predicted octanol–water partition coefficient (Wildman–Crippen LogP) is 3.02. The Hall–Kier alpha value is -0.830. The normalized spacial score (nSPS) is 10.1. The van der Waals surface area contributed by atoms with Crippen LogP contribution >= 0.6 is 15.9 Å². The highest BCUT2D eigenvalue weighted by molar-refractivity contribution is 9.10. The number of rotatable bonds is 2. The Labute approximate surface area is 85.7 Å². The molecule has 0 radical (unpaired) electrons. The summed E-state index contributed by atoms with van der Waals surface area (Å²) in [7, 11) is 0. The van der Waals surface area contributed by atoms with Gasteiger partial charge in [0.25, 0.3) is 0 Å². The van der Waals surface area contributed by atoms with Crippen LogP contribution in [0.15, 0.2) is 16.6 Å². The maximum Gasteiger partial charge on any atom is 0.336 e. The first-order chi connectivity index (χ1) is 6.06. The molecule has 0 unspecified atom stereocenters. The number of halogens is 1. The van der Waals surface area contributed by atoms with Gasteiger partial charge in [0.15, 0.2) is 0 Å². The van der Waals surface area contributed by atoms with Crippen LogP contribution in [-0.4, -0.2) is 11.1 Å². The first-order valence-corrected chi connectivity index (χ1v) is 4.88. The summed E-state index contributed by atoms with van der Waals surface area (Å²) in [5.41, 5.74) is 2.22. The lowest BCUT2D eigenvalue weighted by Gasteiger charge is -2.07. The van der Waals surface area contributed by atoms with Gasteiger partial charge in [-0.15, -0.1) is 0 Å². The molecule has 1 aromatic carbocycles. The van der Waals surface area contributed by atoms with E-state index in [0.717, 1.165) is 22.0 Å². The molecule has 1 N–H and O–H groups in total. The van der Waals surface area contributed by atoms with Crippen molar-refractivity contribution in [3.63, 3.8) is 0 Å². The molecule has 2 nitrogen and oxygen atoms in total. The molecule has 1 aromatic rings. The Morgan fingerprint density at radius 2 is 2.15 bits per heavy atom. The van der Waals surface area contributed by atoms with E-state index >= 15 is 0 Å². The van der Waals surface area contributed by atoms with E-state index in [-0.39, 0.29) is 0 Å². The molecular formula is C10H11BrO2. The highest BCUT2D eigenvalue weighted by Crippen LogP contribution is 2.23. The molecule has 0 amide bonds. The van der Waals surface area contributed by atoms with Crippen LogP contribution in [0.25, 0.3) is 0 Å². The molecule has 0 aliphatic carbocycles. The SMILES string of the molecule is CCc1c(Br)cc(C)cc1C(=O)O.